The molecule has 0 aliphatic heterocycles. The number of hydrogen-bond donors (Lipinski definition) is 3. The number of halogens is 1. The van der Waals surface area contributed by atoms with Gasteiger partial charge in [0.1, 0.15) is 10.8 Å². The largest absolute Gasteiger partial charge is 0.389 e. The molecular weight excluding hydrogens is 265 g/mol. The van der Waals surface area contributed by atoms with Crippen molar-refractivity contribution in [2.45, 2.75) is 13.8 Å². The van der Waals surface area contributed by atoms with Crippen molar-refractivity contribution < 1.29 is 9.18 Å². The van der Waals surface area contributed by atoms with E-state index in [0.717, 1.165) is 0 Å². The highest BCUT2D eigenvalue weighted by Crippen LogP contribution is 2.20. The van der Waals surface area contributed by atoms with E-state index >= 15 is 0 Å². The minimum atomic E-state index is -0.636. The zero-order chi connectivity index (χ0) is 14.6. The normalized spacial score (nSPS) is 10.9. The number of hydrogen-bond acceptors (Lipinski definition) is 3. The molecule has 0 unspecified atom stereocenters. The van der Waals surface area contributed by atoms with E-state index in [9.17, 15) is 9.18 Å². The molecule has 0 aliphatic carbocycles. The van der Waals surface area contributed by atoms with Gasteiger partial charge in [-0.25, -0.2) is 4.39 Å². The van der Waals surface area contributed by atoms with Gasteiger partial charge in [-0.2, -0.15) is 0 Å². The van der Waals surface area contributed by atoms with Gasteiger partial charge in [0, 0.05) is 19.2 Å². The molecule has 0 fully saturated rings. The van der Waals surface area contributed by atoms with Crippen LogP contribution >= 0.6 is 12.2 Å². The van der Waals surface area contributed by atoms with Gasteiger partial charge in [0.25, 0.3) is 0 Å². The summed E-state index contributed by atoms with van der Waals surface area (Å²) in [5.74, 6) is -0.557. The SMILES string of the molecule is CNC(=O)C(C)(C)CNc1ccc(C(N)=S)cc1F. The van der Waals surface area contributed by atoms with Gasteiger partial charge in [-0.1, -0.05) is 12.2 Å². The smallest absolute Gasteiger partial charge is 0.227 e. The fourth-order valence-corrected chi connectivity index (χ4v) is 1.67. The van der Waals surface area contributed by atoms with Crippen molar-refractivity contribution in [2.24, 2.45) is 11.1 Å². The van der Waals surface area contributed by atoms with E-state index in [-0.39, 0.29) is 10.9 Å². The van der Waals surface area contributed by atoms with Gasteiger partial charge in [0.05, 0.1) is 11.1 Å². The Labute approximate surface area is 117 Å². The molecule has 1 aromatic carbocycles. The molecule has 1 amide bonds. The molecule has 1 rings (SSSR count). The van der Waals surface area contributed by atoms with E-state index in [1.165, 1.54) is 6.07 Å². The number of nitrogens with two attached hydrogens (primary N) is 1. The lowest BCUT2D eigenvalue weighted by Crippen LogP contribution is -2.39. The van der Waals surface area contributed by atoms with Crippen molar-refractivity contribution in [3.05, 3.63) is 29.6 Å². The van der Waals surface area contributed by atoms with E-state index < -0.39 is 11.2 Å². The Morgan fingerprint density at radius 3 is 2.58 bits per heavy atom. The predicted molar refractivity (Wildman–Crippen MR) is 78.6 cm³/mol. The highest BCUT2D eigenvalue weighted by molar-refractivity contribution is 7.80. The van der Waals surface area contributed by atoms with Crippen LogP contribution in [0, 0.1) is 11.2 Å². The van der Waals surface area contributed by atoms with Crippen LogP contribution in [0.2, 0.25) is 0 Å². The highest BCUT2D eigenvalue weighted by Gasteiger charge is 2.26. The number of nitrogens with one attached hydrogen (secondary N) is 2. The van der Waals surface area contributed by atoms with Crippen molar-refractivity contribution in [1.82, 2.24) is 5.32 Å². The van der Waals surface area contributed by atoms with E-state index in [1.54, 1.807) is 33.0 Å². The van der Waals surface area contributed by atoms with Crippen LogP contribution < -0.4 is 16.4 Å². The first-order valence-electron chi connectivity index (χ1n) is 5.83. The van der Waals surface area contributed by atoms with Crippen LogP contribution in [-0.2, 0) is 4.79 Å². The van der Waals surface area contributed by atoms with Gasteiger partial charge in [-0.15, -0.1) is 0 Å². The third-order valence-corrected chi connectivity index (χ3v) is 3.05. The number of rotatable bonds is 5. The van der Waals surface area contributed by atoms with Crippen LogP contribution in [-0.4, -0.2) is 24.5 Å². The van der Waals surface area contributed by atoms with Crippen molar-refractivity contribution >= 4 is 28.8 Å². The molecule has 104 valence electrons. The molecule has 0 saturated carbocycles. The maximum absolute atomic E-state index is 13.8. The first-order chi connectivity index (χ1) is 8.77. The minimum Gasteiger partial charge on any atom is -0.389 e. The summed E-state index contributed by atoms with van der Waals surface area (Å²) in [5, 5.41) is 5.49. The van der Waals surface area contributed by atoms with Crippen molar-refractivity contribution in [3.8, 4) is 0 Å². The van der Waals surface area contributed by atoms with E-state index in [0.29, 0.717) is 17.8 Å². The zero-order valence-electron chi connectivity index (χ0n) is 11.2. The average Bonchev–Trinajstić information content (AvgIpc) is 2.36. The van der Waals surface area contributed by atoms with E-state index in [1.807, 2.05) is 0 Å². The van der Waals surface area contributed by atoms with Gasteiger partial charge in [0.2, 0.25) is 5.91 Å². The number of carbonyl (C=O) groups excluding carboxylic acids is 1. The molecule has 19 heavy (non-hydrogen) atoms. The van der Waals surface area contributed by atoms with Crippen LogP contribution in [0.1, 0.15) is 19.4 Å². The predicted octanol–water partition coefficient (Wildman–Crippen LogP) is 1.64. The molecule has 0 bridgehead atoms. The van der Waals surface area contributed by atoms with Crippen molar-refractivity contribution in [1.29, 1.82) is 0 Å². The zero-order valence-corrected chi connectivity index (χ0v) is 12.0. The quantitative estimate of drug-likeness (QED) is 0.719. The number of thiocarbonyl (C=S) groups is 1. The molecule has 1 aromatic rings. The molecule has 0 atom stereocenters. The van der Waals surface area contributed by atoms with Gasteiger partial charge < -0.3 is 16.4 Å². The summed E-state index contributed by atoms with van der Waals surface area (Å²) in [6.45, 7) is 3.87. The summed E-state index contributed by atoms with van der Waals surface area (Å²) >= 11 is 4.78. The molecular formula is C13H18FN3OS. The molecule has 6 heteroatoms. The summed E-state index contributed by atoms with van der Waals surface area (Å²) in [7, 11) is 1.57. The first-order valence-corrected chi connectivity index (χ1v) is 6.24. The molecule has 0 saturated heterocycles. The average molecular weight is 283 g/mol. The summed E-state index contributed by atoms with van der Waals surface area (Å²) in [6.07, 6.45) is 0. The van der Waals surface area contributed by atoms with E-state index in [2.05, 4.69) is 10.6 Å². The number of carbonyl (C=O) groups is 1. The first kappa shape index (κ1) is 15.4. The van der Waals surface area contributed by atoms with Crippen LogP contribution in [0.4, 0.5) is 10.1 Å². The van der Waals surface area contributed by atoms with Crippen LogP contribution in [0.5, 0.6) is 0 Å². The van der Waals surface area contributed by atoms with Crippen LogP contribution in [0.15, 0.2) is 18.2 Å². The standard InChI is InChI=1S/C13H18FN3OS/c1-13(2,12(18)16-3)7-17-10-5-4-8(11(15)19)6-9(10)14/h4-6,17H,7H2,1-3H3,(H2,15,19)(H,16,18). The molecule has 4 nitrogen and oxygen atoms in total. The Hall–Kier alpha value is -1.69. The lowest BCUT2D eigenvalue weighted by molar-refractivity contribution is -0.128. The van der Waals surface area contributed by atoms with Gasteiger partial charge >= 0.3 is 0 Å². The third-order valence-electron chi connectivity index (χ3n) is 2.82. The molecule has 0 heterocycles. The van der Waals surface area contributed by atoms with Crippen molar-refractivity contribution in [3.63, 3.8) is 0 Å². The maximum Gasteiger partial charge on any atom is 0.227 e. The molecule has 0 radical (unpaired) electrons. The molecule has 0 aromatic heterocycles. The summed E-state index contributed by atoms with van der Waals surface area (Å²) < 4.78 is 13.8. The third kappa shape index (κ3) is 3.89. The molecule has 4 N–H and O–H groups in total. The second kappa shape index (κ2) is 5.97. The fraction of sp³-hybridized carbons (Fsp3) is 0.385. The fourth-order valence-electron chi connectivity index (χ4n) is 1.55. The second-order valence-corrected chi connectivity index (χ2v) is 5.32. The van der Waals surface area contributed by atoms with Gasteiger partial charge in [-0.3, -0.25) is 4.79 Å². The van der Waals surface area contributed by atoms with Gasteiger partial charge in [-0.05, 0) is 32.0 Å². The Balaban J connectivity index is 2.79. The number of anilines is 1. The topological polar surface area (TPSA) is 67.2 Å². The van der Waals surface area contributed by atoms with Crippen molar-refractivity contribution in [2.75, 3.05) is 18.9 Å². The molecule has 0 aliphatic rings. The Bertz CT molecular complexity index is 503. The minimum absolute atomic E-state index is 0.111. The second-order valence-electron chi connectivity index (χ2n) is 4.88. The van der Waals surface area contributed by atoms with Crippen LogP contribution in [0.3, 0.4) is 0 Å². The number of amides is 1. The Morgan fingerprint density at radius 2 is 2.11 bits per heavy atom. The van der Waals surface area contributed by atoms with E-state index in [4.69, 9.17) is 18.0 Å². The Kier molecular flexibility index (Phi) is 4.83. The number of benzene rings is 1. The summed E-state index contributed by atoms with van der Waals surface area (Å²) in [6, 6.07) is 4.47. The molecule has 0 spiro atoms. The lowest BCUT2D eigenvalue weighted by Gasteiger charge is -2.23. The Morgan fingerprint density at radius 1 is 1.47 bits per heavy atom. The summed E-state index contributed by atoms with van der Waals surface area (Å²) in [5.41, 5.74) is 5.58. The lowest BCUT2D eigenvalue weighted by atomic mass is 9.92. The van der Waals surface area contributed by atoms with Gasteiger partial charge in [0.15, 0.2) is 0 Å². The highest BCUT2D eigenvalue weighted by atomic mass is 32.1. The maximum atomic E-state index is 13.8. The monoisotopic (exact) mass is 283 g/mol. The van der Waals surface area contributed by atoms with Crippen LogP contribution in [0.25, 0.3) is 0 Å². The summed E-state index contributed by atoms with van der Waals surface area (Å²) in [4.78, 5) is 11.8.